The first-order valence-electron chi connectivity index (χ1n) is 13.1. The molecular formula is C27H56O3Si2. The van der Waals surface area contributed by atoms with Crippen LogP contribution >= 0.6 is 0 Å². The number of aliphatic hydroxyl groups excluding tert-OH is 1. The number of hydrogen-bond donors (Lipinski definition) is 1. The van der Waals surface area contributed by atoms with Crippen molar-refractivity contribution < 1.29 is 14.0 Å². The van der Waals surface area contributed by atoms with Crippen LogP contribution in [0.4, 0.5) is 0 Å². The van der Waals surface area contributed by atoms with Crippen LogP contribution in [0.5, 0.6) is 0 Å². The van der Waals surface area contributed by atoms with Gasteiger partial charge in [0.05, 0.1) is 0 Å². The van der Waals surface area contributed by atoms with Gasteiger partial charge in [0.2, 0.25) is 0 Å². The largest absolute Gasteiger partial charge is 0.414 e. The molecule has 0 saturated heterocycles. The fourth-order valence-electron chi connectivity index (χ4n) is 3.49. The van der Waals surface area contributed by atoms with E-state index in [1.165, 1.54) is 32.1 Å². The van der Waals surface area contributed by atoms with Crippen molar-refractivity contribution in [1.82, 2.24) is 0 Å². The summed E-state index contributed by atoms with van der Waals surface area (Å²) in [6.07, 6.45) is 12.8. The molecule has 2 aliphatic carbocycles. The van der Waals surface area contributed by atoms with E-state index in [0.717, 1.165) is 31.1 Å². The summed E-state index contributed by atoms with van der Waals surface area (Å²) >= 11 is 0. The van der Waals surface area contributed by atoms with E-state index in [2.05, 4.69) is 74.3 Å². The van der Waals surface area contributed by atoms with Crippen molar-refractivity contribution in [3.8, 4) is 0 Å². The average Bonchev–Trinajstić information content (AvgIpc) is 3.53. The highest BCUT2D eigenvalue weighted by atomic mass is 28.4. The monoisotopic (exact) mass is 484 g/mol. The first kappa shape index (κ1) is 30.1. The van der Waals surface area contributed by atoms with E-state index in [0.29, 0.717) is 28.9 Å². The first-order chi connectivity index (χ1) is 14.6. The van der Waals surface area contributed by atoms with Crippen molar-refractivity contribution in [2.75, 3.05) is 6.61 Å². The minimum atomic E-state index is -1.54. The van der Waals surface area contributed by atoms with Gasteiger partial charge in [-0.05, 0) is 93.0 Å². The summed E-state index contributed by atoms with van der Waals surface area (Å²) < 4.78 is 12.7. The minimum Gasteiger partial charge on any atom is -0.414 e. The summed E-state index contributed by atoms with van der Waals surface area (Å²) in [6.45, 7) is 27.3. The molecule has 0 aromatic rings. The predicted molar refractivity (Wildman–Crippen MR) is 145 cm³/mol. The van der Waals surface area contributed by atoms with Crippen LogP contribution < -0.4 is 0 Å². The first-order valence-corrected chi connectivity index (χ1v) is 18.9. The topological polar surface area (TPSA) is 38.7 Å². The minimum absolute atomic E-state index is 0.325. The molecule has 5 heteroatoms. The molecule has 32 heavy (non-hydrogen) atoms. The lowest BCUT2D eigenvalue weighted by Crippen LogP contribution is -2.41. The molecule has 0 aromatic carbocycles. The highest BCUT2D eigenvalue weighted by molar-refractivity contribution is 6.74. The summed E-state index contributed by atoms with van der Waals surface area (Å²) in [7, 11) is -3.06. The zero-order valence-electron chi connectivity index (χ0n) is 23.2. The van der Waals surface area contributed by atoms with E-state index in [1.807, 2.05) is 6.08 Å². The van der Waals surface area contributed by atoms with Gasteiger partial charge in [0.25, 0.3) is 0 Å². The molecular weight excluding hydrogens is 428 g/mol. The van der Waals surface area contributed by atoms with Crippen LogP contribution in [-0.2, 0) is 8.85 Å². The Kier molecular flexibility index (Phi) is 11.4. The summed E-state index contributed by atoms with van der Waals surface area (Å²) in [4.78, 5) is 0. The highest BCUT2D eigenvalue weighted by Crippen LogP contribution is 2.46. The van der Waals surface area contributed by atoms with Gasteiger partial charge in [-0.3, -0.25) is 0 Å². The quantitative estimate of drug-likeness (QED) is 0.172. The number of hydrogen-bond acceptors (Lipinski definition) is 3. The Bertz CT molecular complexity index is 560. The van der Waals surface area contributed by atoms with E-state index in [1.54, 1.807) is 0 Å². The molecule has 0 radical (unpaired) electrons. The van der Waals surface area contributed by atoms with Crippen molar-refractivity contribution in [2.45, 2.75) is 141 Å². The predicted octanol–water partition coefficient (Wildman–Crippen LogP) is 8.31. The lowest BCUT2D eigenvalue weighted by molar-refractivity contribution is 0.248. The Balaban J connectivity index is 0.000000320. The van der Waals surface area contributed by atoms with Crippen LogP contribution in [0, 0.1) is 11.8 Å². The molecule has 2 rings (SSSR count). The smallest absolute Gasteiger partial charge is 0.192 e. The van der Waals surface area contributed by atoms with Crippen LogP contribution in [0.15, 0.2) is 12.7 Å². The van der Waals surface area contributed by atoms with E-state index in [-0.39, 0.29) is 0 Å². The lowest BCUT2D eigenvalue weighted by Gasteiger charge is -2.36. The molecule has 0 spiro atoms. The van der Waals surface area contributed by atoms with E-state index < -0.39 is 16.6 Å². The molecule has 2 fully saturated rings. The Morgan fingerprint density at radius 3 is 1.53 bits per heavy atom. The maximum absolute atomic E-state index is 8.73. The second-order valence-corrected chi connectivity index (χ2v) is 22.8. The second-order valence-electron chi connectivity index (χ2n) is 13.3. The maximum atomic E-state index is 8.73. The van der Waals surface area contributed by atoms with Gasteiger partial charge in [0.15, 0.2) is 16.6 Å². The third-order valence-corrected chi connectivity index (χ3v) is 17.2. The van der Waals surface area contributed by atoms with Crippen LogP contribution in [0.2, 0.25) is 36.3 Å². The fraction of sp³-hybridized carbons (Fsp3) is 0.926. The Labute approximate surface area is 203 Å². The van der Waals surface area contributed by atoms with E-state index in [9.17, 15) is 0 Å². The van der Waals surface area contributed by atoms with E-state index >= 15 is 0 Å². The Morgan fingerprint density at radius 2 is 1.19 bits per heavy atom. The number of rotatable bonds is 12. The van der Waals surface area contributed by atoms with Gasteiger partial charge in [-0.1, -0.05) is 54.0 Å². The molecule has 1 N–H and O–H groups in total. The number of aliphatic hydroxyl groups is 1. The summed E-state index contributed by atoms with van der Waals surface area (Å²) in [6, 6.07) is 0. The SMILES string of the molecule is C=CCCC[C@@H]1C[C@H]1O[Si](C)(C)C(C)(C)C.CC(C)(C)[Si](C)(C)O[C@@H]1C[C@H]1CCCCO. The van der Waals surface area contributed by atoms with Gasteiger partial charge < -0.3 is 14.0 Å². The molecule has 0 unspecified atom stereocenters. The van der Waals surface area contributed by atoms with Crippen molar-refractivity contribution in [1.29, 1.82) is 0 Å². The summed E-state index contributed by atoms with van der Waals surface area (Å²) in [5, 5.41) is 9.41. The maximum Gasteiger partial charge on any atom is 0.192 e. The van der Waals surface area contributed by atoms with Crippen molar-refractivity contribution in [2.24, 2.45) is 11.8 Å². The van der Waals surface area contributed by atoms with Crippen molar-refractivity contribution in [3.05, 3.63) is 12.7 Å². The van der Waals surface area contributed by atoms with Gasteiger partial charge in [0, 0.05) is 18.8 Å². The molecule has 4 atom stereocenters. The third kappa shape index (κ3) is 10.1. The molecule has 0 aliphatic heterocycles. The van der Waals surface area contributed by atoms with Crippen molar-refractivity contribution in [3.63, 3.8) is 0 Å². The average molecular weight is 485 g/mol. The van der Waals surface area contributed by atoms with Gasteiger partial charge in [-0.15, -0.1) is 6.58 Å². The molecule has 0 aromatic heterocycles. The standard InChI is InChI=1S/C14H28OSi.C13H28O2Si/c1-7-8-9-10-12-11-13(12)15-16(5,6)14(2,3)4;1-13(2,3)16(4,5)15-12-10-11(12)8-6-7-9-14/h7,12-13H,1,8-11H2,2-6H3;11-12,14H,6-10H2,1-5H3/t12-,13-;11-,12-/m11/s1. The van der Waals surface area contributed by atoms with Gasteiger partial charge >= 0.3 is 0 Å². The normalized spacial score (nSPS) is 25.7. The van der Waals surface area contributed by atoms with Crippen LogP contribution in [-0.4, -0.2) is 40.6 Å². The highest BCUT2D eigenvalue weighted by Gasteiger charge is 2.47. The van der Waals surface area contributed by atoms with Crippen molar-refractivity contribution >= 4 is 16.6 Å². The molecule has 3 nitrogen and oxygen atoms in total. The Morgan fingerprint density at radius 1 is 0.781 bits per heavy atom. The van der Waals surface area contributed by atoms with E-state index in [4.69, 9.17) is 14.0 Å². The van der Waals surface area contributed by atoms with Crippen LogP contribution in [0.3, 0.4) is 0 Å². The number of allylic oxidation sites excluding steroid dienone is 1. The van der Waals surface area contributed by atoms with Crippen LogP contribution in [0.1, 0.15) is 92.9 Å². The van der Waals surface area contributed by atoms with Gasteiger partial charge in [0.1, 0.15) is 0 Å². The zero-order chi connectivity index (χ0) is 24.8. The molecule has 190 valence electrons. The summed E-state index contributed by atoms with van der Waals surface area (Å²) in [5.41, 5.74) is 0. The van der Waals surface area contributed by atoms with Gasteiger partial charge in [-0.2, -0.15) is 0 Å². The van der Waals surface area contributed by atoms with Crippen LogP contribution in [0.25, 0.3) is 0 Å². The molecule has 2 aliphatic rings. The molecule has 2 saturated carbocycles. The second kappa shape index (κ2) is 12.1. The third-order valence-electron chi connectivity index (χ3n) is 8.19. The number of unbranched alkanes of at least 4 members (excludes halogenated alkanes) is 2. The molecule has 0 amide bonds. The van der Waals surface area contributed by atoms with Gasteiger partial charge in [-0.25, -0.2) is 0 Å². The lowest BCUT2D eigenvalue weighted by atomic mass is 10.2. The summed E-state index contributed by atoms with van der Waals surface area (Å²) in [5.74, 6) is 1.62. The zero-order valence-corrected chi connectivity index (χ0v) is 25.2. The Hall–Kier alpha value is 0.0538. The molecule has 0 bridgehead atoms. The fourth-order valence-corrected chi connectivity index (χ4v) is 6.29. The molecule has 0 heterocycles.